The fraction of sp³-hybridized carbons (Fsp3) is 0.167. The Hall–Kier alpha value is -2.93. The standard InChI is InChI=1S/C18H16N2O4S/c1-24-17(22)10-14(15-7-4-8-25-15)20-18(23)12-9-16(21)19-13-6-3-2-5-11(12)13/h2-9,14H,10H2,1H3,(H,19,21)(H,20,23). The van der Waals surface area contributed by atoms with E-state index in [1.165, 1.54) is 24.5 Å². The summed E-state index contributed by atoms with van der Waals surface area (Å²) in [5.41, 5.74) is 0.496. The number of carbonyl (C=O) groups excluding carboxylic acids is 2. The van der Waals surface area contributed by atoms with Crippen LogP contribution in [-0.2, 0) is 9.53 Å². The van der Waals surface area contributed by atoms with Crippen molar-refractivity contribution in [2.75, 3.05) is 7.11 Å². The number of amides is 1. The maximum atomic E-state index is 12.8. The van der Waals surface area contributed by atoms with Crippen molar-refractivity contribution in [2.24, 2.45) is 0 Å². The number of benzene rings is 1. The predicted molar refractivity (Wildman–Crippen MR) is 95.7 cm³/mol. The number of methoxy groups -OCH3 is 1. The summed E-state index contributed by atoms with van der Waals surface area (Å²) in [7, 11) is 1.31. The first-order valence-electron chi connectivity index (χ1n) is 7.61. The molecule has 2 N–H and O–H groups in total. The van der Waals surface area contributed by atoms with Gasteiger partial charge in [-0.05, 0) is 17.5 Å². The minimum Gasteiger partial charge on any atom is -0.469 e. The van der Waals surface area contributed by atoms with Crippen molar-refractivity contribution >= 4 is 34.1 Å². The fourth-order valence-electron chi connectivity index (χ4n) is 2.59. The summed E-state index contributed by atoms with van der Waals surface area (Å²) in [4.78, 5) is 39.8. The van der Waals surface area contributed by atoms with Crippen molar-refractivity contribution in [2.45, 2.75) is 12.5 Å². The van der Waals surface area contributed by atoms with E-state index in [4.69, 9.17) is 4.74 Å². The van der Waals surface area contributed by atoms with Crippen LogP contribution in [0, 0.1) is 0 Å². The van der Waals surface area contributed by atoms with E-state index in [-0.39, 0.29) is 17.5 Å². The number of H-pyrrole nitrogens is 1. The molecule has 1 atom stereocenters. The molecule has 0 bridgehead atoms. The highest BCUT2D eigenvalue weighted by Gasteiger charge is 2.21. The predicted octanol–water partition coefficient (Wildman–Crippen LogP) is 2.62. The number of fused-ring (bicyclic) bond motifs is 1. The monoisotopic (exact) mass is 356 g/mol. The molecule has 6 nitrogen and oxygen atoms in total. The Kier molecular flexibility index (Phi) is 4.95. The van der Waals surface area contributed by atoms with Crippen LogP contribution in [0.3, 0.4) is 0 Å². The van der Waals surface area contributed by atoms with E-state index >= 15 is 0 Å². The van der Waals surface area contributed by atoms with Crippen LogP contribution >= 0.6 is 11.3 Å². The van der Waals surface area contributed by atoms with Gasteiger partial charge in [0.05, 0.1) is 25.1 Å². The Labute approximate surface area is 147 Å². The molecule has 1 amide bonds. The third-order valence-electron chi connectivity index (χ3n) is 3.79. The molecule has 0 aliphatic carbocycles. The molecule has 2 aromatic heterocycles. The summed E-state index contributed by atoms with van der Waals surface area (Å²) < 4.78 is 4.71. The van der Waals surface area contributed by atoms with E-state index in [0.717, 1.165) is 4.88 Å². The number of ether oxygens (including phenoxy) is 1. The van der Waals surface area contributed by atoms with Crippen molar-refractivity contribution < 1.29 is 14.3 Å². The van der Waals surface area contributed by atoms with Crippen LogP contribution in [-0.4, -0.2) is 24.0 Å². The normalized spacial score (nSPS) is 11.9. The number of rotatable bonds is 5. The molecule has 128 valence electrons. The number of esters is 1. The molecule has 0 fully saturated rings. The molecule has 0 aliphatic rings. The highest BCUT2D eigenvalue weighted by molar-refractivity contribution is 7.10. The van der Waals surface area contributed by atoms with Crippen LogP contribution in [0.25, 0.3) is 10.9 Å². The van der Waals surface area contributed by atoms with Gasteiger partial charge >= 0.3 is 5.97 Å². The number of para-hydroxylation sites is 1. The second kappa shape index (κ2) is 7.31. The highest BCUT2D eigenvalue weighted by atomic mass is 32.1. The van der Waals surface area contributed by atoms with E-state index in [0.29, 0.717) is 10.9 Å². The summed E-state index contributed by atoms with van der Waals surface area (Å²) in [6.07, 6.45) is 0.0177. The van der Waals surface area contributed by atoms with E-state index < -0.39 is 17.9 Å². The summed E-state index contributed by atoms with van der Waals surface area (Å²) in [5.74, 6) is -0.834. The lowest BCUT2D eigenvalue weighted by atomic mass is 10.1. The average Bonchev–Trinajstić information content (AvgIpc) is 3.14. The maximum Gasteiger partial charge on any atom is 0.307 e. The summed E-state index contributed by atoms with van der Waals surface area (Å²) >= 11 is 1.44. The summed E-state index contributed by atoms with van der Waals surface area (Å²) in [6.45, 7) is 0. The van der Waals surface area contributed by atoms with Gasteiger partial charge in [-0.25, -0.2) is 0 Å². The zero-order valence-corrected chi connectivity index (χ0v) is 14.3. The molecule has 0 saturated carbocycles. The molecular formula is C18H16N2O4S. The zero-order chi connectivity index (χ0) is 17.8. The first-order valence-corrected chi connectivity index (χ1v) is 8.49. The molecule has 2 heterocycles. The highest BCUT2D eigenvalue weighted by Crippen LogP contribution is 2.24. The largest absolute Gasteiger partial charge is 0.469 e. The molecular weight excluding hydrogens is 340 g/mol. The Morgan fingerprint density at radius 3 is 2.76 bits per heavy atom. The molecule has 3 rings (SSSR count). The second-order valence-corrected chi connectivity index (χ2v) is 6.39. The van der Waals surface area contributed by atoms with Crippen LogP contribution in [0.2, 0.25) is 0 Å². The van der Waals surface area contributed by atoms with Crippen LogP contribution in [0.15, 0.2) is 52.6 Å². The topological polar surface area (TPSA) is 88.3 Å². The van der Waals surface area contributed by atoms with E-state index in [1.807, 2.05) is 17.5 Å². The number of carbonyl (C=O) groups is 2. The molecule has 25 heavy (non-hydrogen) atoms. The number of aromatic amines is 1. The Bertz CT molecular complexity index is 963. The third kappa shape index (κ3) is 3.77. The number of pyridine rings is 1. The van der Waals surface area contributed by atoms with Crippen molar-refractivity contribution in [1.82, 2.24) is 10.3 Å². The Balaban J connectivity index is 1.94. The van der Waals surface area contributed by atoms with Crippen molar-refractivity contribution in [3.63, 3.8) is 0 Å². The van der Waals surface area contributed by atoms with Crippen LogP contribution < -0.4 is 10.9 Å². The van der Waals surface area contributed by atoms with Crippen molar-refractivity contribution in [3.8, 4) is 0 Å². The number of aromatic nitrogens is 1. The number of thiophene rings is 1. The van der Waals surface area contributed by atoms with Gasteiger partial charge < -0.3 is 15.0 Å². The van der Waals surface area contributed by atoms with E-state index in [1.54, 1.807) is 24.3 Å². The molecule has 7 heteroatoms. The minimum atomic E-state index is -0.516. The smallest absolute Gasteiger partial charge is 0.307 e. The van der Waals surface area contributed by atoms with Gasteiger partial charge in [0, 0.05) is 21.8 Å². The molecule has 0 saturated heterocycles. The lowest BCUT2D eigenvalue weighted by Crippen LogP contribution is -2.31. The van der Waals surface area contributed by atoms with Crippen LogP contribution in [0.5, 0.6) is 0 Å². The van der Waals surface area contributed by atoms with Gasteiger partial charge in [-0.2, -0.15) is 0 Å². The Morgan fingerprint density at radius 1 is 1.24 bits per heavy atom. The molecule has 0 radical (unpaired) electrons. The van der Waals surface area contributed by atoms with Crippen molar-refractivity contribution in [1.29, 1.82) is 0 Å². The Morgan fingerprint density at radius 2 is 2.04 bits per heavy atom. The van der Waals surface area contributed by atoms with Crippen LogP contribution in [0.4, 0.5) is 0 Å². The quantitative estimate of drug-likeness (QED) is 0.688. The number of hydrogen-bond acceptors (Lipinski definition) is 5. The SMILES string of the molecule is COC(=O)CC(NC(=O)c1cc(=O)[nH]c2ccccc12)c1cccs1. The van der Waals surface area contributed by atoms with E-state index in [2.05, 4.69) is 10.3 Å². The van der Waals surface area contributed by atoms with Gasteiger partial charge in [0.2, 0.25) is 5.56 Å². The first kappa shape index (κ1) is 16.9. The average molecular weight is 356 g/mol. The molecule has 3 aromatic rings. The minimum absolute atomic E-state index is 0.0177. The molecule has 0 spiro atoms. The maximum absolute atomic E-state index is 12.8. The molecule has 1 unspecified atom stereocenters. The zero-order valence-electron chi connectivity index (χ0n) is 13.4. The first-order chi connectivity index (χ1) is 12.1. The number of nitrogens with one attached hydrogen (secondary N) is 2. The second-order valence-electron chi connectivity index (χ2n) is 5.41. The summed E-state index contributed by atoms with van der Waals surface area (Å²) in [6, 6.07) is 11.5. The molecule has 1 aromatic carbocycles. The van der Waals surface area contributed by atoms with Gasteiger partial charge in [-0.15, -0.1) is 11.3 Å². The van der Waals surface area contributed by atoms with Crippen LogP contribution in [0.1, 0.15) is 27.7 Å². The lowest BCUT2D eigenvalue weighted by molar-refractivity contribution is -0.141. The van der Waals surface area contributed by atoms with Gasteiger partial charge in [0.15, 0.2) is 0 Å². The van der Waals surface area contributed by atoms with Gasteiger partial charge in [0.1, 0.15) is 0 Å². The van der Waals surface area contributed by atoms with Gasteiger partial charge in [-0.1, -0.05) is 24.3 Å². The third-order valence-corrected chi connectivity index (χ3v) is 4.77. The van der Waals surface area contributed by atoms with E-state index in [9.17, 15) is 14.4 Å². The summed E-state index contributed by atoms with van der Waals surface area (Å²) in [5, 5.41) is 5.35. The lowest BCUT2D eigenvalue weighted by Gasteiger charge is -2.17. The van der Waals surface area contributed by atoms with Gasteiger partial charge in [-0.3, -0.25) is 14.4 Å². The molecule has 0 aliphatic heterocycles. The fourth-order valence-corrected chi connectivity index (χ4v) is 3.37. The van der Waals surface area contributed by atoms with Gasteiger partial charge in [0.25, 0.3) is 5.91 Å². The van der Waals surface area contributed by atoms with Crippen molar-refractivity contribution in [3.05, 3.63) is 68.6 Å². The number of hydrogen-bond donors (Lipinski definition) is 2.